The Balaban J connectivity index is 1.74. The molecule has 1 aliphatic heterocycles. The third-order valence-corrected chi connectivity index (χ3v) is 3.57. The lowest BCUT2D eigenvalue weighted by atomic mass is 10.1. The SMILES string of the molecule is Cc1ccc(NC(=O)O[C@@H](C)CN2CCCCC2)cc1. The standard InChI is InChI=1S/C16H24N2O2/c1-13-6-8-15(9-7-13)17-16(19)20-14(2)12-18-10-4-3-5-11-18/h6-9,14H,3-5,10-12H2,1-2H3,(H,17,19)/t14-/m0/s1. The van der Waals surface area contributed by atoms with Crippen LogP contribution in [0.1, 0.15) is 31.7 Å². The van der Waals surface area contributed by atoms with Crippen LogP contribution < -0.4 is 5.32 Å². The number of carbonyl (C=O) groups excluding carboxylic acids is 1. The lowest BCUT2D eigenvalue weighted by molar-refractivity contribution is 0.0833. The summed E-state index contributed by atoms with van der Waals surface area (Å²) < 4.78 is 5.40. The number of benzene rings is 1. The number of rotatable bonds is 4. The van der Waals surface area contributed by atoms with Gasteiger partial charge in [0.05, 0.1) is 0 Å². The Hall–Kier alpha value is -1.55. The van der Waals surface area contributed by atoms with Crippen molar-refractivity contribution in [1.82, 2.24) is 4.90 Å². The predicted octanol–water partition coefficient (Wildman–Crippen LogP) is 3.42. The van der Waals surface area contributed by atoms with Crippen LogP contribution in [0.5, 0.6) is 0 Å². The zero-order chi connectivity index (χ0) is 14.4. The highest BCUT2D eigenvalue weighted by Crippen LogP contribution is 2.11. The molecule has 0 unspecified atom stereocenters. The van der Waals surface area contributed by atoms with E-state index in [1.54, 1.807) is 0 Å². The van der Waals surface area contributed by atoms with Crippen LogP contribution in [0.25, 0.3) is 0 Å². The maximum Gasteiger partial charge on any atom is 0.411 e. The molecule has 4 heteroatoms. The summed E-state index contributed by atoms with van der Waals surface area (Å²) in [5, 5.41) is 2.76. The molecule has 2 rings (SSSR count). The molecule has 1 N–H and O–H groups in total. The Bertz CT molecular complexity index is 425. The molecule has 0 saturated carbocycles. The van der Waals surface area contributed by atoms with Crippen LogP contribution in [0.2, 0.25) is 0 Å². The van der Waals surface area contributed by atoms with E-state index in [0.717, 1.165) is 25.3 Å². The van der Waals surface area contributed by atoms with E-state index in [1.807, 2.05) is 38.1 Å². The Morgan fingerprint density at radius 1 is 1.25 bits per heavy atom. The van der Waals surface area contributed by atoms with E-state index in [-0.39, 0.29) is 12.2 Å². The summed E-state index contributed by atoms with van der Waals surface area (Å²) in [6.45, 7) is 7.02. The lowest BCUT2D eigenvalue weighted by Crippen LogP contribution is -2.37. The van der Waals surface area contributed by atoms with Gasteiger partial charge in [-0.1, -0.05) is 24.1 Å². The van der Waals surface area contributed by atoms with Gasteiger partial charge in [0.15, 0.2) is 0 Å². The van der Waals surface area contributed by atoms with Crippen molar-refractivity contribution in [2.45, 2.75) is 39.2 Å². The van der Waals surface area contributed by atoms with Crippen LogP contribution in [0.3, 0.4) is 0 Å². The van der Waals surface area contributed by atoms with Gasteiger partial charge in [0.1, 0.15) is 6.10 Å². The zero-order valence-electron chi connectivity index (χ0n) is 12.4. The summed E-state index contributed by atoms with van der Waals surface area (Å²) in [5.41, 5.74) is 1.94. The minimum Gasteiger partial charge on any atom is -0.445 e. The summed E-state index contributed by atoms with van der Waals surface area (Å²) in [4.78, 5) is 14.2. The summed E-state index contributed by atoms with van der Waals surface area (Å²) in [7, 11) is 0. The van der Waals surface area contributed by atoms with Gasteiger partial charge in [0, 0.05) is 12.2 Å². The van der Waals surface area contributed by atoms with Gasteiger partial charge in [-0.25, -0.2) is 4.79 Å². The molecule has 110 valence electrons. The van der Waals surface area contributed by atoms with Crippen molar-refractivity contribution in [2.75, 3.05) is 25.0 Å². The number of carbonyl (C=O) groups is 1. The highest BCUT2D eigenvalue weighted by atomic mass is 16.6. The van der Waals surface area contributed by atoms with Crippen LogP contribution in [0.15, 0.2) is 24.3 Å². The van der Waals surface area contributed by atoms with Gasteiger partial charge >= 0.3 is 6.09 Å². The van der Waals surface area contributed by atoms with Crippen molar-refractivity contribution in [2.24, 2.45) is 0 Å². The van der Waals surface area contributed by atoms with Crippen LogP contribution in [0, 0.1) is 6.92 Å². The monoisotopic (exact) mass is 276 g/mol. The summed E-state index contributed by atoms with van der Waals surface area (Å²) >= 11 is 0. The average molecular weight is 276 g/mol. The molecule has 1 aromatic carbocycles. The first kappa shape index (κ1) is 14.9. The van der Waals surface area contributed by atoms with Crippen molar-refractivity contribution in [3.05, 3.63) is 29.8 Å². The van der Waals surface area contributed by atoms with Crippen LogP contribution in [-0.4, -0.2) is 36.7 Å². The maximum atomic E-state index is 11.8. The second-order valence-electron chi connectivity index (χ2n) is 5.57. The molecular weight excluding hydrogens is 252 g/mol. The molecule has 1 heterocycles. The lowest BCUT2D eigenvalue weighted by Gasteiger charge is -2.28. The fourth-order valence-corrected chi connectivity index (χ4v) is 2.51. The fourth-order valence-electron chi connectivity index (χ4n) is 2.51. The third-order valence-electron chi connectivity index (χ3n) is 3.57. The van der Waals surface area contributed by atoms with Crippen molar-refractivity contribution in [3.8, 4) is 0 Å². The van der Waals surface area contributed by atoms with Gasteiger partial charge in [-0.05, 0) is 51.9 Å². The number of anilines is 1. The summed E-state index contributed by atoms with van der Waals surface area (Å²) in [6.07, 6.45) is 3.36. The van der Waals surface area contributed by atoms with E-state index in [1.165, 1.54) is 24.8 Å². The topological polar surface area (TPSA) is 41.6 Å². The van der Waals surface area contributed by atoms with Crippen molar-refractivity contribution in [1.29, 1.82) is 0 Å². The Morgan fingerprint density at radius 3 is 2.55 bits per heavy atom. The zero-order valence-corrected chi connectivity index (χ0v) is 12.4. The number of aryl methyl sites for hydroxylation is 1. The molecule has 20 heavy (non-hydrogen) atoms. The predicted molar refractivity (Wildman–Crippen MR) is 81.0 cm³/mol. The van der Waals surface area contributed by atoms with Gasteiger partial charge in [-0.15, -0.1) is 0 Å². The first-order valence-electron chi connectivity index (χ1n) is 7.40. The molecule has 0 aromatic heterocycles. The number of amides is 1. The molecule has 1 atom stereocenters. The first-order valence-corrected chi connectivity index (χ1v) is 7.40. The molecule has 4 nitrogen and oxygen atoms in total. The van der Waals surface area contributed by atoms with Crippen LogP contribution in [-0.2, 0) is 4.74 Å². The Kier molecular flexibility index (Phi) is 5.41. The number of likely N-dealkylation sites (tertiary alicyclic amines) is 1. The molecule has 1 aromatic rings. The minimum absolute atomic E-state index is 0.0847. The highest BCUT2D eigenvalue weighted by Gasteiger charge is 2.16. The second-order valence-corrected chi connectivity index (χ2v) is 5.57. The van der Waals surface area contributed by atoms with Gasteiger partial charge in [0.2, 0.25) is 0 Å². The molecule has 1 saturated heterocycles. The second kappa shape index (κ2) is 7.29. The van der Waals surface area contributed by atoms with Crippen molar-refractivity contribution in [3.63, 3.8) is 0 Å². The largest absolute Gasteiger partial charge is 0.445 e. The van der Waals surface area contributed by atoms with Gasteiger partial charge in [-0.2, -0.15) is 0 Å². The normalized spacial score (nSPS) is 17.5. The average Bonchev–Trinajstić information content (AvgIpc) is 2.42. The molecule has 0 aliphatic carbocycles. The minimum atomic E-state index is -0.377. The molecule has 0 bridgehead atoms. The van der Waals surface area contributed by atoms with E-state index in [9.17, 15) is 4.79 Å². The summed E-state index contributed by atoms with van der Waals surface area (Å²) in [6, 6.07) is 7.69. The highest BCUT2D eigenvalue weighted by molar-refractivity contribution is 5.84. The van der Waals surface area contributed by atoms with Crippen LogP contribution >= 0.6 is 0 Å². The van der Waals surface area contributed by atoms with E-state index >= 15 is 0 Å². The molecule has 1 fully saturated rings. The summed E-state index contributed by atoms with van der Waals surface area (Å²) in [5.74, 6) is 0. The number of nitrogens with one attached hydrogen (secondary N) is 1. The molecule has 0 radical (unpaired) electrons. The molecule has 1 amide bonds. The molecule has 0 spiro atoms. The van der Waals surface area contributed by atoms with Crippen molar-refractivity contribution < 1.29 is 9.53 Å². The van der Waals surface area contributed by atoms with E-state index in [0.29, 0.717) is 0 Å². The number of piperidine rings is 1. The fraction of sp³-hybridized carbons (Fsp3) is 0.562. The van der Waals surface area contributed by atoms with Crippen molar-refractivity contribution >= 4 is 11.8 Å². The van der Waals surface area contributed by atoms with Gasteiger partial charge < -0.3 is 4.74 Å². The van der Waals surface area contributed by atoms with Crippen LogP contribution in [0.4, 0.5) is 10.5 Å². The molecule has 1 aliphatic rings. The Labute approximate surface area is 121 Å². The van der Waals surface area contributed by atoms with E-state index < -0.39 is 0 Å². The van der Waals surface area contributed by atoms with Gasteiger partial charge in [-0.3, -0.25) is 10.2 Å². The Morgan fingerprint density at radius 2 is 1.90 bits per heavy atom. The number of hydrogen-bond donors (Lipinski definition) is 1. The number of nitrogens with zero attached hydrogens (tertiary/aromatic N) is 1. The van der Waals surface area contributed by atoms with E-state index in [2.05, 4.69) is 10.2 Å². The van der Waals surface area contributed by atoms with Gasteiger partial charge in [0.25, 0.3) is 0 Å². The molecular formula is C16H24N2O2. The first-order chi connectivity index (χ1) is 9.63. The third kappa shape index (κ3) is 4.85. The maximum absolute atomic E-state index is 11.8. The smallest absolute Gasteiger partial charge is 0.411 e. The quantitative estimate of drug-likeness (QED) is 0.916. The van der Waals surface area contributed by atoms with E-state index in [4.69, 9.17) is 4.74 Å². The number of ether oxygens (including phenoxy) is 1. The number of hydrogen-bond acceptors (Lipinski definition) is 3.